The third kappa shape index (κ3) is 4.31. The van der Waals surface area contributed by atoms with Crippen molar-refractivity contribution < 1.29 is 19.4 Å². The summed E-state index contributed by atoms with van der Waals surface area (Å²) in [6, 6.07) is 14.5. The minimum atomic E-state index is -1.22. The molecule has 2 aromatic carbocycles. The highest BCUT2D eigenvalue weighted by Gasteiger charge is 2.38. The largest absolute Gasteiger partial charge is 0.494 e. The second kappa shape index (κ2) is 7.57. The summed E-state index contributed by atoms with van der Waals surface area (Å²) in [6.45, 7) is 2.57. The topological polar surface area (TPSA) is 67.8 Å². The highest BCUT2D eigenvalue weighted by Crippen LogP contribution is 2.31. The number of amides is 1. The van der Waals surface area contributed by atoms with Crippen molar-refractivity contribution in [2.45, 2.75) is 38.2 Å². The maximum Gasteiger partial charge on any atom is 0.256 e. The fourth-order valence-electron chi connectivity index (χ4n) is 2.95. The Labute approximate surface area is 147 Å². The molecular formula is C20H23NO4. The minimum absolute atomic E-state index is 0.329. The van der Waals surface area contributed by atoms with Crippen LogP contribution >= 0.6 is 0 Å². The molecule has 0 spiro atoms. The first-order valence-corrected chi connectivity index (χ1v) is 8.64. The summed E-state index contributed by atoms with van der Waals surface area (Å²) in [4.78, 5) is 12.2. The molecule has 1 saturated carbocycles. The van der Waals surface area contributed by atoms with Gasteiger partial charge < -0.3 is 19.9 Å². The van der Waals surface area contributed by atoms with Gasteiger partial charge in [0.2, 0.25) is 0 Å². The van der Waals surface area contributed by atoms with Gasteiger partial charge in [-0.15, -0.1) is 0 Å². The normalized spacial score (nSPS) is 15.6. The summed E-state index contributed by atoms with van der Waals surface area (Å²) in [7, 11) is 0. The van der Waals surface area contributed by atoms with Crippen LogP contribution in [0.5, 0.6) is 17.2 Å². The Morgan fingerprint density at radius 1 is 1.00 bits per heavy atom. The van der Waals surface area contributed by atoms with Crippen molar-refractivity contribution in [2.24, 2.45) is 0 Å². The lowest BCUT2D eigenvalue weighted by Gasteiger charge is -2.21. The van der Waals surface area contributed by atoms with Gasteiger partial charge in [-0.3, -0.25) is 4.79 Å². The van der Waals surface area contributed by atoms with E-state index in [0.717, 1.165) is 18.6 Å². The van der Waals surface area contributed by atoms with Crippen molar-refractivity contribution in [3.8, 4) is 17.2 Å². The first-order valence-electron chi connectivity index (χ1n) is 8.64. The van der Waals surface area contributed by atoms with Crippen LogP contribution in [0.1, 0.15) is 32.6 Å². The zero-order chi connectivity index (χ0) is 17.7. The van der Waals surface area contributed by atoms with Gasteiger partial charge in [-0.25, -0.2) is 0 Å². The third-order valence-corrected chi connectivity index (χ3v) is 4.34. The van der Waals surface area contributed by atoms with Crippen LogP contribution in [0.3, 0.4) is 0 Å². The van der Waals surface area contributed by atoms with E-state index in [1.54, 1.807) is 24.3 Å². The van der Waals surface area contributed by atoms with Crippen LogP contribution in [0.4, 0.5) is 5.69 Å². The number of aliphatic hydroxyl groups is 1. The molecule has 132 valence electrons. The van der Waals surface area contributed by atoms with Crippen molar-refractivity contribution in [1.29, 1.82) is 0 Å². The van der Waals surface area contributed by atoms with Gasteiger partial charge in [0.15, 0.2) is 0 Å². The summed E-state index contributed by atoms with van der Waals surface area (Å²) in [6.07, 6.45) is 2.83. The Kier molecular flexibility index (Phi) is 5.24. The molecule has 0 bridgehead atoms. The molecule has 1 aliphatic carbocycles. The molecule has 0 unspecified atom stereocenters. The second-order valence-electron chi connectivity index (χ2n) is 6.22. The molecule has 0 saturated heterocycles. The lowest BCUT2D eigenvalue weighted by atomic mass is 10.0. The van der Waals surface area contributed by atoms with Gasteiger partial charge in [-0.1, -0.05) is 0 Å². The lowest BCUT2D eigenvalue weighted by Crippen LogP contribution is -2.40. The Hall–Kier alpha value is -2.53. The summed E-state index contributed by atoms with van der Waals surface area (Å²) in [5, 5.41) is 13.1. The molecule has 0 heterocycles. The van der Waals surface area contributed by atoms with Crippen molar-refractivity contribution in [3.63, 3.8) is 0 Å². The average molecular weight is 341 g/mol. The first-order chi connectivity index (χ1) is 12.1. The summed E-state index contributed by atoms with van der Waals surface area (Å²) in [5.41, 5.74) is -0.582. The molecule has 3 rings (SSSR count). The van der Waals surface area contributed by atoms with Crippen molar-refractivity contribution in [3.05, 3.63) is 48.5 Å². The van der Waals surface area contributed by atoms with Gasteiger partial charge >= 0.3 is 0 Å². The van der Waals surface area contributed by atoms with Crippen molar-refractivity contribution in [2.75, 3.05) is 11.9 Å². The number of carbonyl (C=O) groups excluding carboxylic acids is 1. The van der Waals surface area contributed by atoms with Crippen LogP contribution in [0.15, 0.2) is 48.5 Å². The number of nitrogens with one attached hydrogen (secondary N) is 1. The predicted octanol–water partition coefficient (Wildman–Crippen LogP) is 4.12. The number of hydrogen-bond donors (Lipinski definition) is 2. The van der Waals surface area contributed by atoms with E-state index in [0.29, 0.717) is 36.6 Å². The zero-order valence-corrected chi connectivity index (χ0v) is 14.3. The van der Waals surface area contributed by atoms with E-state index < -0.39 is 5.60 Å². The van der Waals surface area contributed by atoms with Crippen LogP contribution in [0.2, 0.25) is 0 Å². The molecule has 25 heavy (non-hydrogen) atoms. The summed E-state index contributed by atoms with van der Waals surface area (Å²) in [5.74, 6) is 1.85. The van der Waals surface area contributed by atoms with Crippen molar-refractivity contribution >= 4 is 11.6 Å². The molecule has 1 amide bonds. The molecule has 0 atom stereocenters. The molecule has 0 radical (unpaired) electrons. The van der Waals surface area contributed by atoms with E-state index in [2.05, 4.69) is 5.32 Å². The number of hydrogen-bond acceptors (Lipinski definition) is 4. The quantitative estimate of drug-likeness (QED) is 0.829. The number of ether oxygens (including phenoxy) is 2. The monoisotopic (exact) mass is 341 g/mol. The lowest BCUT2D eigenvalue weighted by molar-refractivity contribution is -0.133. The fraction of sp³-hybridized carbons (Fsp3) is 0.350. The smallest absolute Gasteiger partial charge is 0.256 e. The van der Waals surface area contributed by atoms with E-state index in [4.69, 9.17) is 9.47 Å². The summed E-state index contributed by atoms with van der Waals surface area (Å²) < 4.78 is 11.2. The van der Waals surface area contributed by atoms with Gasteiger partial charge in [0.05, 0.1) is 6.61 Å². The van der Waals surface area contributed by atoms with E-state index in [1.807, 2.05) is 31.2 Å². The number of anilines is 1. The standard InChI is InChI=1S/C20H23NO4/c1-2-24-16-9-11-18(12-10-16)25-17-7-5-15(6-8-17)21-19(22)20(23)13-3-4-14-20/h5-12,23H,2-4,13-14H2,1H3,(H,21,22). The van der Waals surface area contributed by atoms with Crippen LogP contribution < -0.4 is 14.8 Å². The first kappa shape index (κ1) is 17.3. The molecule has 2 aromatic rings. The fourth-order valence-corrected chi connectivity index (χ4v) is 2.95. The number of benzene rings is 2. The van der Waals surface area contributed by atoms with E-state index in [9.17, 15) is 9.90 Å². The average Bonchev–Trinajstić information content (AvgIpc) is 3.07. The van der Waals surface area contributed by atoms with Gasteiger partial charge in [-0.2, -0.15) is 0 Å². The summed E-state index contributed by atoms with van der Waals surface area (Å²) >= 11 is 0. The number of rotatable bonds is 6. The molecule has 5 nitrogen and oxygen atoms in total. The molecule has 2 N–H and O–H groups in total. The van der Waals surface area contributed by atoms with Crippen LogP contribution in [0, 0.1) is 0 Å². The molecule has 5 heteroatoms. The highest BCUT2D eigenvalue weighted by molar-refractivity contribution is 5.97. The predicted molar refractivity (Wildman–Crippen MR) is 96.2 cm³/mol. The second-order valence-corrected chi connectivity index (χ2v) is 6.22. The SMILES string of the molecule is CCOc1ccc(Oc2ccc(NC(=O)C3(O)CCCC3)cc2)cc1. The van der Waals surface area contributed by atoms with Crippen LogP contribution in [-0.2, 0) is 4.79 Å². The zero-order valence-electron chi connectivity index (χ0n) is 14.3. The van der Waals surface area contributed by atoms with Gasteiger partial charge in [0, 0.05) is 5.69 Å². The Morgan fingerprint density at radius 3 is 2.08 bits per heavy atom. The maximum atomic E-state index is 12.2. The Bertz CT molecular complexity index is 703. The number of carbonyl (C=O) groups is 1. The van der Waals surface area contributed by atoms with Gasteiger partial charge in [-0.05, 0) is 81.1 Å². The highest BCUT2D eigenvalue weighted by atomic mass is 16.5. The van der Waals surface area contributed by atoms with E-state index in [1.165, 1.54) is 0 Å². The molecule has 1 aliphatic rings. The Balaban J connectivity index is 1.59. The minimum Gasteiger partial charge on any atom is -0.494 e. The van der Waals surface area contributed by atoms with Crippen molar-refractivity contribution in [1.82, 2.24) is 0 Å². The Morgan fingerprint density at radius 2 is 1.52 bits per heavy atom. The van der Waals surface area contributed by atoms with Crippen LogP contribution in [-0.4, -0.2) is 23.2 Å². The maximum absolute atomic E-state index is 12.2. The van der Waals surface area contributed by atoms with Gasteiger partial charge in [0.1, 0.15) is 22.8 Å². The molecular weight excluding hydrogens is 318 g/mol. The molecule has 0 aromatic heterocycles. The molecule has 1 fully saturated rings. The van der Waals surface area contributed by atoms with Gasteiger partial charge in [0.25, 0.3) is 5.91 Å². The van der Waals surface area contributed by atoms with Crippen LogP contribution in [0.25, 0.3) is 0 Å². The van der Waals surface area contributed by atoms with E-state index >= 15 is 0 Å². The van der Waals surface area contributed by atoms with E-state index in [-0.39, 0.29) is 5.91 Å². The third-order valence-electron chi connectivity index (χ3n) is 4.34. The molecule has 0 aliphatic heterocycles.